The predicted octanol–water partition coefficient (Wildman–Crippen LogP) is 3.91. The van der Waals surface area contributed by atoms with Crippen LogP contribution in [0.1, 0.15) is 47.5 Å². The van der Waals surface area contributed by atoms with Crippen LogP contribution in [0.15, 0.2) is 23.3 Å². The number of rotatable bonds is 7. The lowest BCUT2D eigenvalue weighted by molar-refractivity contribution is 0.292. The highest BCUT2D eigenvalue weighted by atomic mass is 15.1. The average molecular weight is 234 g/mol. The Morgan fingerprint density at radius 1 is 1.24 bits per heavy atom. The summed E-state index contributed by atoms with van der Waals surface area (Å²) >= 11 is 0. The number of likely N-dealkylation sites (N-methyl/N-ethyl adjacent to an activating group) is 1. The van der Waals surface area contributed by atoms with Crippen LogP contribution in [0, 0.1) is 11.3 Å². The van der Waals surface area contributed by atoms with E-state index in [1.54, 1.807) is 0 Å². The lowest BCUT2D eigenvalue weighted by Crippen LogP contribution is -2.32. The van der Waals surface area contributed by atoms with Crippen molar-refractivity contribution in [1.29, 1.82) is 5.26 Å². The molecule has 0 amide bonds. The maximum Gasteiger partial charge on any atom is 0.117 e. The van der Waals surface area contributed by atoms with Crippen LogP contribution in [0.5, 0.6) is 0 Å². The van der Waals surface area contributed by atoms with Crippen molar-refractivity contribution in [2.45, 2.75) is 53.5 Å². The summed E-state index contributed by atoms with van der Waals surface area (Å²) in [5.74, 6) is 0. The van der Waals surface area contributed by atoms with E-state index in [0.717, 1.165) is 25.9 Å². The van der Waals surface area contributed by atoms with Crippen LogP contribution in [-0.4, -0.2) is 24.0 Å². The molecule has 0 saturated carbocycles. The summed E-state index contributed by atoms with van der Waals surface area (Å²) in [5, 5.41) is 9.17. The molecule has 0 aliphatic carbocycles. The Bertz CT molecular complexity index is 299. The van der Waals surface area contributed by atoms with Gasteiger partial charge in [-0.2, -0.15) is 5.26 Å². The zero-order valence-electron chi connectivity index (χ0n) is 12.0. The van der Waals surface area contributed by atoms with Crippen molar-refractivity contribution in [2.75, 3.05) is 13.1 Å². The van der Waals surface area contributed by atoms with E-state index >= 15 is 0 Å². The van der Waals surface area contributed by atoms with E-state index in [2.05, 4.69) is 57.7 Å². The van der Waals surface area contributed by atoms with E-state index in [4.69, 9.17) is 0 Å². The molecule has 0 bridgehead atoms. The molecule has 96 valence electrons. The SMILES string of the molecule is CCN(CC)C(C#N)/C=C(\C)CCC=C(C)C. The van der Waals surface area contributed by atoms with Crippen molar-refractivity contribution < 1.29 is 0 Å². The van der Waals surface area contributed by atoms with E-state index < -0.39 is 0 Å². The number of nitriles is 1. The minimum Gasteiger partial charge on any atom is -0.285 e. The Balaban J connectivity index is 4.42. The molecule has 0 N–H and O–H groups in total. The van der Waals surface area contributed by atoms with Gasteiger partial charge in [-0.3, -0.25) is 4.90 Å². The van der Waals surface area contributed by atoms with Crippen molar-refractivity contribution in [2.24, 2.45) is 0 Å². The zero-order valence-corrected chi connectivity index (χ0v) is 12.0. The van der Waals surface area contributed by atoms with Crippen LogP contribution in [0.4, 0.5) is 0 Å². The molecule has 0 heterocycles. The Morgan fingerprint density at radius 2 is 1.82 bits per heavy atom. The topological polar surface area (TPSA) is 27.0 Å². The van der Waals surface area contributed by atoms with Gasteiger partial charge in [0.05, 0.1) is 6.07 Å². The fraction of sp³-hybridized carbons (Fsp3) is 0.667. The Morgan fingerprint density at radius 3 is 2.24 bits per heavy atom. The molecule has 0 aromatic heterocycles. The number of allylic oxidation sites excluding steroid dienone is 3. The van der Waals surface area contributed by atoms with Gasteiger partial charge < -0.3 is 0 Å². The first-order valence-corrected chi connectivity index (χ1v) is 6.49. The quantitative estimate of drug-likeness (QED) is 0.624. The first kappa shape index (κ1) is 15.9. The van der Waals surface area contributed by atoms with Crippen molar-refractivity contribution in [3.8, 4) is 6.07 Å². The molecule has 0 aromatic carbocycles. The molecule has 0 rings (SSSR count). The highest BCUT2D eigenvalue weighted by Gasteiger charge is 2.11. The summed E-state index contributed by atoms with van der Waals surface area (Å²) in [7, 11) is 0. The van der Waals surface area contributed by atoms with Crippen molar-refractivity contribution in [1.82, 2.24) is 4.90 Å². The van der Waals surface area contributed by atoms with E-state index in [1.807, 2.05) is 0 Å². The second kappa shape index (κ2) is 9.01. The molecule has 0 radical (unpaired) electrons. The van der Waals surface area contributed by atoms with Crippen LogP contribution in [0.25, 0.3) is 0 Å². The molecule has 0 saturated heterocycles. The van der Waals surface area contributed by atoms with Gasteiger partial charge in [0, 0.05) is 0 Å². The zero-order chi connectivity index (χ0) is 13.3. The monoisotopic (exact) mass is 234 g/mol. The number of hydrogen-bond acceptors (Lipinski definition) is 2. The summed E-state index contributed by atoms with van der Waals surface area (Å²) in [6.07, 6.45) is 6.47. The molecular weight excluding hydrogens is 208 g/mol. The minimum absolute atomic E-state index is 0.0725. The molecule has 1 atom stereocenters. The Hall–Kier alpha value is -1.07. The third kappa shape index (κ3) is 6.97. The standard InChI is InChI=1S/C15H26N2/c1-6-17(7-2)15(12-16)11-14(5)10-8-9-13(3)4/h9,11,15H,6-8,10H2,1-5H3/b14-11+. The molecule has 17 heavy (non-hydrogen) atoms. The average Bonchev–Trinajstić information content (AvgIpc) is 2.28. The third-order valence-electron chi connectivity index (χ3n) is 2.87. The second-order valence-electron chi connectivity index (χ2n) is 4.63. The van der Waals surface area contributed by atoms with Crippen LogP contribution >= 0.6 is 0 Å². The fourth-order valence-electron chi connectivity index (χ4n) is 1.78. The first-order chi connectivity index (χ1) is 8.04. The first-order valence-electron chi connectivity index (χ1n) is 6.49. The largest absolute Gasteiger partial charge is 0.285 e. The van der Waals surface area contributed by atoms with Gasteiger partial charge >= 0.3 is 0 Å². The van der Waals surface area contributed by atoms with Gasteiger partial charge in [0.25, 0.3) is 0 Å². The van der Waals surface area contributed by atoms with Gasteiger partial charge in [-0.25, -0.2) is 0 Å². The Labute approximate surface area is 107 Å². The van der Waals surface area contributed by atoms with Gasteiger partial charge in [-0.15, -0.1) is 0 Å². The van der Waals surface area contributed by atoms with Gasteiger partial charge in [-0.05, 0) is 46.7 Å². The van der Waals surface area contributed by atoms with Crippen molar-refractivity contribution in [3.63, 3.8) is 0 Å². The van der Waals surface area contributed by atoms with Gasteiger partial charge in [0.2, 0.25) is 0 Å². The molecule has 0 aliphatic rings. The molecule has 1 unspecified atom stereocenters. The molecule has 2 heteroatoms. The molecule has 0 aromatic rings. The summed E-state index contributed by atoms with van der Waals surface area (Å²) in [5.41, 5.74) is 2.67. The highest BCUT2D eigenvalue weighted by molar-refractivity contribution is 5.13. The maximum absolute atomic E-state index is 9.17. The Kier molecular flexibility index (Phi) is 8.44. The summed E-state index contributed by atoms with van der Waals surface area (Å²) in [4.78, 5) is 2.17. The maximum atomic E-state index is 9.17. The van der Waals surface area contributed by atoms with E-state index in [0.29, 0.717) is 0 Å². The fourth-order valence-corrected chi connectivity index (χ4v) is 1.78. The van der Waals surface area contributed by atoms with E-state index in [1.165, 1.54) is 11.1 Å². The summed E-state index contributed by atoms with van der Waals surface area (Å²) < 4.78 is 0. The summed E-state index contributed by atoms with van der Waals surface area (Å²) in [6.45, 7) is 12.4. The van der Waals surface area contributed by atoms with Crippen molar-refractivity contribution >= 4 is 0 Å². The molecule has 0 aliphatic heterocycles. The van der Waals surface area contributed by atoms with Gasteiger partial charge in [0.1, 0.15) is 6.04 Å². The van der Waals surface area contributed by atoms with Crippen LogP contribution in [0.3, 0.4) is 0 Å². The highest BCUT2D eigenvalue weighted by Crippen LogP contribution is 2.10. The van der Waals surface area contributed by atoms with E-state index in [-0.39, 0.29) is 6.04 Å². The summed E-state index contributed by atoms with van der Waals surface area (Å²) in [6, 6.07) is 2.30. The van der Waals surface area contributed by atoms with Crippen molar-refractivity contribution in [3.05, 3.63) is 23.3 Å². The number of nitrogens with zero attached hydrogens (tertiary/aromatic N) is 2. The molecule has 2 nitrogen and oxygen atoms in total. The molecule has 0 fully saturated rings. The lowest BCUT2D eigenvalue weighted by Gasteiger charge is -2.21. The lowest BCUT2D eigenvalue weighted by atomic mass is 10.1. The van der Waals surface area contributed by atoms with Crippen LogP contribution in [-0.2, 0) is 0 Å². The van der Waals surface area contributed by atoms with Gasteiger partial charge in [0.15, 0.2) is 0 Å². The van der Waals surface area contributed by atoms with Crippen LogP contribution in [0.2, 0.25) is 0 Å². The minimum atomic E-state index is -0.0725. The van der Waals surface area contributed by atoms with Crippen LogP contribution < -0.4 is 0 Å². The van der Waals surface area contributed by atoms with Gasteiger partial charge in [-0.1, -0.05) is 37.1 Å². The second-order valence-corrected chi connectivity index (χ2v) is 4.63. The smallest absolute Gasteiger partial charge is 0.117 e. The number of hydrogen-bond donors (Lipinski definition) is 0. The third-order valence-corrected chi connectivity index (χ3v) is 2.87. The van der Waals surface area contributed by atoms with E-state index in [9.17, 15) is 5.26 Å². The normalized spacial score (nSPS) is 13.4. The molecular formula is C15H26N2. The predicted molar refractivity (Wildman–Crippen MR) is 74.7 cm³/mol. The molecule has 0 spiro atoms.